The Balaban J connectivity index is 2.58. The van der Waals surface area contributed by atoms with Crippen LogP contribution >= 0.6 is 0 Å². The third-order valence-corrected chi connectivity index (χ3v) is 2.52. The van der Waals surface area contributed by atoms with Gasteiger partial charge in [-0.05, 0) is 0 Å². The Bertz CT molecular complexity index is 228. The quantitative estimate of drug-likeness (QED) is 0.590. The first-order chi connectivity index (χ1) is 5.33. The molecule has 1 nitrogen and oxygen atoms in total. The Morgan fingerprint density at radius 3 is 2.55 bits per heavy atom. The van der Waals surface area contributed by atoms with Crippen molar-refractivity contribution >= 4 is 28.9 Å². The summed E-state index contributed by atoms with van der Waals surface area (Å²) in [7, 11) is 0. The van der Waals surface area contributed by atoms with Crippen LogP contribution in [0.1, 0.15) is 0 Å². The SMILES string of the molecule is C=CCOc1cc[c]([Pb])cc1. The van der Waals surface area contributed by atoms with E-state index in [2.05, 4.69) is 18.7 Å². The normalized spacial score (nSPS) is 9.18. The van der Waals surface area contributed by atoms with Crippen molar-refractivity contribution in [2.24, 2.45) is 0 Å². The molecule has 0 fully saturated rings. The van der Waals surface area contributed by atoms with Crippen molar-refractivity contribution in [1.29, 1.82) is 0 Å². The van der Waals surface area contributed by atoms with Gasteiger partial charge in [0.2, 0.25) is 0 Å². The first kappa shape index (κ1) is 8.78. The molecule has 0 aliphatic carbocycles. The van der Waals surface area contributed by atoms with Crippen LogP contribution in [0.3, 0.4) is 0 Å². The minimum atomic E-state index is 0.584. The van der Waals surface area contributed by atoms with Gasteiger partial charge in [0.15, 0.2) is 0 Å². The summed E-state index contributed by atoms with van der Waals surface area (Å²) in [5, 5.41) is 0. The van der Waals surface area contributed by atoms with E-state index < -0.39 is 0 Å². The van der Waals surface area contributed by atoms with E-state index in [1.54, 1.807) is 6.08 Å². The van der Waals surface area contributed by atoms with Crippen LogP contribution in [-0.4, -0.2) is 32.4 Å². The van der Waals surface area contributed by atoms with E-state index in [-0.39, 0.29) is 0 Å². The van der Waals surface area contributed by atoms with Crippen molar-refractivity contribution in [1.82, 2.24) is 0 Å². The Morgan fingerprint density at radius 1 is 1.36 bits per heavy atom. The molecule has 1 aromatic rings. The van der Waals surface area contributed by atoms with Crippen LogP contribution in [0.25, 0.3) is 0 Å². The Morgan fingerprint density at radius 2 is 2.00 bits per heavy atom. The maximum absolute atomic E-state index is 5.31. The third-order valence-electron chi connectivity index (χ3n) is 1.22. The third kappa shape index (κ3) is 3.05. The Hall–Kier alpha value is -0.318. The average molecular weight is 340 g/mol. The fraction of sp³-hybridized carbons (Fsp3) is 0.111. The van der Waals surface area contributed by atoms with Crippen LogP contribution < -0.4 is 7.86 Å². The molecule has 1 aromatic carbocycles. The predicted octanol–water partition coefficient (Wildman–Crippen LogP) is 1.05. The van der Waals surface area contributed by atoms with Crippen molar-refractivity contribution in [3.05, 3.63) is 36.9 Å². The molecule has 0 bridgehead atoms. The molecule has 0 amide bonds. The predicted molar refractivity (Wildman–Crippen MR) is 47.5 cm³/mol. The van der Waals surface area contributed by atoms with Crippen molar-refractivity contribution < 1.29 is 4.74 Å². The molecule has 0 saturated heterocycles. The molecular weight excluding hydrogens is 331 g/mol. The van der Waals surface area contributed by atoms with Crippen LogP contribution in [0.2, 0.25) is 0 Å². The zero-order valence-corrected chi connectivity index (χ0v) is 10.1. The molecule has 0 saturated carbocycles. The molecule has 1 rings (SSSR count). The van der Waals surface area contributed by atoms with Gasteiger partial charge in [-0.3, -0.25) is 0 Å². The van der Waals surface area contributed by atoms with Gasteiger partial charge in [-0.1, -0.05) is 0 Å². The summed E-state index contributed by atoms with van der Waals surface area (Å²) in [6.45, 7) is 4.16. The van der Waals surface area contributed by atoms with Gasteiger partial charge in [0.1, 0.15) is 0 Å². The van der Waals surface area contributed by atoms with Crippen LogP contribution in [0.5, 0.6) is 5.75 Å². The maximum atomic E-state index is 5.31. The second-order valence-corrected chi connectivity index (χ2v) is 4.37. The standard InChI is InChI=1S/C9H9O.Pb/c1-2-8-10-9-6-4-3-5-7-9;/h2,4-7H,1,8H2;. The molecule has 0 aliphatic rings. The van der Waals surface area contributed by atoms with E-state index in [0.717, 1.165) is 31.5 Å². The van der Waals surface area contributed by atoms with Crippen LogP contribution in [0, 0.1) is 0 Å². The van der Waals surface area contributed by atoms with Crippen LogP contribution in [0.4, 0.5) is 0 Å². The van der Waals surface area contributed by atoms with E-state index in [1.807, 2.05) is 12.1 Å². The van der Waals surface area contributed by atoms with Gasteiger partial charge in [0.05, 0.1) is 0 Å². The number of hydrogen-bond donors (Lipinski definition) is 0. The molecule has 11 heavy (non-hydrogen) atoms. The van der Waals surface area contributed by atoms with Gasteiger partial charge < -0.3 is 0 Å². The van der Waals surface area contributed by atoms with Crippen molar-refractivity contribution in [2.45, 2.75) is 0 Å². The summed E-state index contributed by atoms with van der Waals surface area (Å²) in [6.07, 6.45) is 1.74. The van der Waals surface area contributed by atoms with Gasteiger partial charge in [-0.25, -0.2) is 0 Å². The van der Waals surface area contributed by atoms with E-state index in [0.29, 0.717) is 6.61 Å². The fourth-order valence-corrected chi connectivity index (χ4v) is 1.35. The van der Waals surface area contributed by atoms with E-state index in [4.69, 9.17) is 4.74 Å². The molecule has 0 aliphatic heterocycles. The first-order valence-corrected chi connectivity index (χ1v) is 5.32. The first-order valence-electron chi connectivity index (χ1n) is 3.38. The molecule has 0 N–H and O–H groups in total. The zero-order chi connectivity index (χ0) is 8.10. The van der Waals surface area contributed by atoms with Gasteiger partial charge in [-0.2, -0.15) is 0 Å². The molecule has 0 atom stereocenters. The van der Waals surface area contributed by atoms with E-state index in [1.165, 1.54) is 3.12 Å². The summed E-state index contributed by atoms with van der Waals surface area (Å²) in [5.74, 6) is 0.921. The van der Waals surface area contributed by atoms with Gasteiger partial charge in [0.25, 0.3) is 0 Å². The fourth-order valence-electron chi connectivity index (χ4n) is 0.706. The summed E-state index contributed by atoms with van der Waals surface area (Å²) in [6, 6.07) is 8.16. The number of rotatable bonds is 3. The molecule has 0 spiro atoms. The Kier molecular flexibility index (Phi) is 3.62. The number of ether oxygens (including phenoxy) is 1. The molecule has 0 heterocycles. The number of benzene rings is 1. The van der Waals surface area contributed by atoms with Gasteiger partial charge in [0, 0.05) is 0 Å². The monoisotopic (exact) mass is 341 g/mol. The molecule has 0 aromatic heterocycles. The van der Waals surface area contributed by atoms with Crippen molar-refractivity contribution in [3.63, 3.8) is 0 Å². The second kappa shape index (κ2) is 4.54. The zero-order valence-electron chi connectivity index (χ0n) is 6.21. The van der Waals surface area contributed by atoms with Crippen molar-refractivity contribution in [3.8, 4) is 5.75 Å². The average Bonchev–Trinajstić information content (AvgIpc) is 2.04. The van der Waals surface area contributed by atoms with E-state index in [9.17, 15) is 0 Å². The van der Waals surface area contributed by atoms with Crippen molar-refractivity contribution in [2.75, 3.05) is 6.61 Å². The van der Waals surface area contributed by atoms with Gasteiger partial charge >= 0.3 is 82.9 Å². The molecule has 3 radical (unpaired) electrons. The van der Waals surface area contributed by atoms with E-state index >= 15 is 0 Å². The summed E-state index contributed by atoms with van der Waals surface area (Å²) in [4.78, 5) is 0. The van der Waals surface area contributed by atoms with Crippen LogP contribution in [-0.2, 0) is 0 Å². The summed E-state index contributed by atoms with van der Waals surface area (Å²) >= 11 is 1.10. The second-order valence-electron chi connectivity index (χ2n) is 2.12. The summed E-state index contributed by atoms with van der Waals surface area (Å²) in [5.41, 5.74) is 0. The molecule has 0 unspecified atom stereocenters. The number of hydrogen-bond acceptors (Lipinski definition) is 1. The molecule has 2 heteroatoms. The summed E-state index contributed by atoms with van der Waals surface area (Å²) < 4.78 is 6.69. The van der Waals surface area contributed by atoms with Gasteiger partial charge in [-0.15, -0.1) is 0 Å². The molecular formula is C9H9OPb. The van der Waals surface area contributed by atoms with Crippen LogP contribution in [0.15, 0.2) is 36.9 Å². The Labute approximate surface area is 82.8 Å². The topological polar surface area (TPSA) is 9.23 Å². The molecule has 55 valence electrons. The minimum absolute atomic E-state index is 0.584.